The molecule has 5 heteroatoms. The van der Waals surface area contributed by atoms with Gasteiger partial charge in [0.05, 0.1) is 18.7 Å². The highest BCUT2D eigenvalue weighted by atomic mass is 16.5. The van der Waals surface area contributed by atoms with Crippen LogP contribution in [0.1, 0.15) is 6.42 Å². The van der Waals surface area contributed by atoms with Gasteiger partial charge in [-0.1, -0.05) is 12.1 Å². The number of hydrogen-bond acceptors (Lipinski definition) is 4. The van der Waals surface area contributed by atoms with E-state index in [1.165, 1.54) is 0 Å². The van der Waals surface area contributed by atoms with Gasteiger partial charge in [0.2, 0.25) is 0 Å². The third-order valence-corrected chi connectivity index (χ3v) is 4.53. The Bertz CT molecular complexity index is 512. The maximum Gasteiger partial charge on any atom is 0.306 e. The highest BCUT2D eigenvalue weighted by molar-refractivity contribution is 5.73. The smallest absolute Gasteiger partial charge is 0.306 e. The molecule has 5 nitrogen and oxygen atoms in total. The normalized spacial score (nSPS) is 25.7. The van der Waals surface area contributed by atoms with Gasteiger partial charge in [-0.25, -0.2) is 0 Å². The number of nitrogens with zero attached hydrogens (tertiary/aromatic N) is 2. The molecule has 3 rings (SSSR count). The average Bonchev–Trinajstić information content (AvgIpc) is 3.27. The summed E-state index contributed by atoms with van der Waals surface area (Å²) in [6, 6.07) is 8.10. The van der Waals surface area contributed by atoms with E-state index in [1.807, 2.05) is 18.2 Å². The maximum absolute atomic E-state index is 10.9. The monoisotopic (exact) mass is 290 g/mol. The largest absolute Gasteiger partial charge is 0.495 e. The fraction of sp³-hybridized carbons (Fsp3) is 0.562. The lowest BCUT2D eigenvalue weighted by molar-refractivity contribution is -0.138. The summed E-state index contributed by atoms with van der Waals surface area (Å²) in [6.45, 7) is 4.83. The Morgan fingerprint density at radius 2 is 2.00 bits per heavy atom. The quantitative estimate of drug-likeness (QED) is 0.891. The lowest BCUT2D eigenvalue weighted by Gasteiger charge is -2.36. The van der Waals surface area contributed by atoms with Crippen LogP contribution in [0.15, 0.2) is 24.3 Å². The van der Waals surface area contributed by atoms with E-state index in [0.717, 1.165) is 50.6 Å². The first-order valence-electron chi connectivity index (χ1n) is 7.52. The number of carbonyl (C=O) groups is 1. The first-order valence-corrected chi connectivity index (χ1v) is 7.52. The van der Waals surface area contributed by atoms with Crippen molar-refractivity contribution in [3.63, 3.8) is 0 Å². The summed E-state index contributed by atoms with van der Waals surface area (Å²) >= 11 is 0. The SMILES string of the molecule is COc1ccccc1N1CCN(C[C@@H]2C[C@H]2C(=O)O)CC1. The topological polar surface area (TPSA) is 53.0 Å². The fourth-order valence-corrected chi connectivity index (χ4v) is 3.15. The van der Waals surface area contributed by atoms with Crippen molar-refractivity contribution in [1.29, 1.82) is 0 Å². The van der Waals surface area contributed by atoms with E-state index in [4.69, 9.17) is 9.84 Å². The molecule has 1 aromatic carbocycles. The molecule has 0 spiro atoms. The van der Waals surface area contributed by atoms with Crippen molar-refractivity contribution in [2.75, 3.05) is 44.7 Å². The van der Waals surface area contributed by atoms with Gasteiger partial charge in [0.1, 0.15) is 5.75 Å². The lowest BCUT2D eigenvalue weighted by atomic mass is 10.2. The van der Waals surface area contributed by atoms with Crippen molar-refractivity contribution in [1.82, 2.24) is 4.90 Å². The molecule has 1 heterocycles. The molecular formula is C16H22N2O3. The number of para-hydroxylation sites is 2. The van der Waals surface area contributed by atoms with Crippen LogP contribution in [0, 0.1) is 11.8 Å². The highest BCUT2D eigenvalue weighted by Crippen LogP contribution is 2.39. The second kappa shape index (κ2) is 5.93. The molecule has 2 fully saturated rings. The van der Waals surface area contributed by atoms with Crippen molar-refractivity contribution < 1.29 is 14.6 Å². The molecule has 1 aromatic rings. The van der Waals surface area contributed by atoms with E-state index >= 15 is 0 Å². The summed E-state index contributed by atoms with van der Waals surface area (Å²) in [6.07, 6.45) is 0.849. The molecule has 2 aliphatic rings. The first-order chi connectivity index (χ1) is 10.2. The van der Waals surface area contributed by atoms with Crippen molar-refractivity contribution in [2.45, 2.75) is 6.42 Å². The summed E-state index contributed by atoms with van der Waals surface area (Å²) in [7, 11) is 1.70. The van der Waals surface area contributed by atoms with E-state index in [2.05, 4.69) is 15.9 Å². The zero-order valence-electron chi connectivity index (χ0n) is 12.4. The predicted octanol–water partition coefficient (Wildman–Crippen LogP) is 1.54. The van der Waals surface area contributed by atoms with E-state index < -0.39 is 5.97 Å². The minimum absolute atomic E-state index is 0.0998. The lowest BCUT2D eigenvalue weighted by Crippen LogP contribution is -2.47. The molecule has 1 saturated heterocycles. The molecule has 1 aliphatic heterocycles. The molecule has 0 radical (unpaired) electrons. The zero-order chi connectivity index (χ0) is 14.8. The second-order valence-corrected chi connectivity index (χ2v) is 5.90. The maximum atomic E-state index is 10.9. The number of carboxylic acid groups (broad SMARTS) is 1. The van der Waals surface area contributed by atoms with Crippen LogP contribution in [0.5, 0.6) is 5.75 Å². The molecule has 1 N–H and O–H groups in total. The van der Waals surface area contributed by atoms with Crippen LogP contribution in [0.4, 0.5) is 5.69 Å². The average molecular weight is 290 g/mol. The molecule has 21 heavy (non-hydrogen) atoms. The molecule has 1 aliphatic carbocycles. The summed E-state index contributed by atoms with van der Waals surface area (Å²) in [5, 5.41) is 8.96. The van der Waals surface area contributed by atoms with Crippen LogP contribution < -0.4 is 9.64 Å². The Labute approximate surface area is 125 Å². The number of ether oxygens (including phenoxy) is 1. The predicted molar refractivity (Wildman–Crippen MR) is 80.9 cm³/mol. The minimum atomic E-state index is -0.632. The van der Waals surface area contributed by atoms with E-state index in [9.17, 15) is 4.79 Å². The van der Waals surface area contributed by atoms with Gasteiger partial charge in [-0.15, -0.1) is 0 Å². The van der Waals surface area contributed by atoms with Gasteiger partial charge >= 0.3 is 5.97 Å². The van der Waals surface area contributed by atoms with Crippen LogP contribution in [-0.4, -0.2) is 55.8 Å². The molecule has 114 valence electrons. The molecule has 1 saturated carbocycles. The number of aliphatic carboxylic acids is 1. The number of benzene rings is 1. The van der Waals surface area contributed by atoms with Crippen LogP contribution in [0.25, 0.3) is 0 Å². The van der Waals surface area contributed by atoms with Crippen LogP contribution in [-0.2, 0) is 4.79 Å². The number of methoxy groups -OCH3 is 1. The molecule has 0 bridgehead atoms. The molecule has 2 atom stereocenters. The van der Waals surface area contributed by atoms with Gasteiger partial charge in [-0.2, -0.15) is 0 Å². The molecule has 0 amide bonds. The second-order valence-electron chi connectivity index (χ2n) is 5.90. The number of piperazine rings is 1. The molecular weight excluding hydrogens is 268 g/mol. The van der Waals surface area contributed by atoms with Gasteiger partial charge in [0.15, 0.2) is 0 Å². The van der Waals surface area contributed by atoms with E-state index in [1.54, 1.807) is 7.11 Å². The Morgan fingerprint density at radius 1 is 1.29 bits per heavy atom. The van der Waals surface area contributed by atoms with Crippen LogP contribution in [0.3, 0.4) is 0 Å². The molecule has 0 unspecified atom stereocenters. The summed E-state index contributed by atoms with van der Waals surface area (Å²) in [4.78, 5) is 15.6. The fourth-order valence-electron chi connectivity index (χ4n) is 3.15. The van der Waals surface area contributed by atoms with Gasteiger partial charge in [0, 0.05) is 32.7 Å². The Balaban J connectivity index is 1.52. The summed E-state index contributed by atoms with van der Waals surface area (Å²) in [5.41, 5.74) is 1.15. The Hall–Kier alpha value is -1.75. The van der Waals surface area contributed by atoms with E-state index in [0.29, 0.717) is 5.92 Å². The first kappa shape index (κ1) is 14.2. The number of rotatable bonds is 5. The summed E-state index contributed by atoms with van der Waals surface area (Å²) in [5.74, 6) is 0.546. The van der Waals surface area contributed by atoms with Crippen molar-refractivity contribution >= 4 is 11.7 Å². The standard InChI is InChI=1S/C16H22N2O3/c1-21-15-5-3-2-4-14(15)18-8-6-17(7-9-18)11-12-10-13(12)16(19)20/h2-5,12-13H,6-11H2,1H3,(H,19,20)/t12-,13+/m0/s1. The third-order valence-electron chi connectivity index (χ3n) is 4.53. The number of anilines is 1. The van der Waals surface area contributed by atoms with E-state index in [-0.39, 0.29) is 5.92 Å². The van der Waals surface area contributed by atoms with Gasteiger partial charge in [-0.3, -0.25) is 9.69 Å². The van der Waals surface area contributed by atoms with Gasteiger partial charge in [0.25, 0.3) is 0 Å². The van der Waals surface area contributed by atoms with Gasteiger partial charge < -0.3 is 14.7 Å². The highest BCUT2D eigenvalue weighted by Gasteiger charge is 2.44. The van der Waals surface area contributed by atoms with Crippen LogP contribution >= 0.6 is 0 Å². The van der Waals surface area contributed by atoms with Crippen molar-refractivity contribution in [3.8, 4) is 5.75 Å². The van der Waals surface area contributed by atoms with Crippen molar-refractivity contribution in [3.05, 3.63) is 24.3 Å². The Kier molecular flexibility index (Phi) is 4.01. The number of carboxylic acids is 1. The summed E-state index contributed by atoms with van der Waals surface area (Å²) < 4.78 is 5.42. The van der Waals surface area contributed by atoms with Crippen LogP contribution in [0.2, 0.25) is 0 Å². The zero-order valence-corrected chi connectivity index (χ0v) is 12.4. The number of hydrogen-bond donors (Lipinski definition) is 1. The third kappa shape index (κ3) is 3.13. The Morgan fingerprint density at radius 3 is 2.62 bits per heavy atom. The van der Waals surface area contributed by atoms with Crippen molar-refractivity contribution in [2.24, 2.45) is 11.8 Å². The minimum Gasteiger partial charge on any atom is -0.495 e. The molecule has 0 aromatic heterocycles. The van der Waals surface area contributed by atoms with Gasteiger partial charge in [-0.05, 0) is 24.5 Å².